The van der Waals surface area contributed by atoms with Crippen molar-refractivity contribution in [3.05, 3.63) is 39.9 Å². The van der Waals surface area contributed by atoms with Crippen molar-refractivity contribution in [3.63, 3.8) is 0 Å². The average molecular weight is 190 g/mol. The molecule has 1 N–H and O–H groups in total. The van der Waals surface area contributed by atoms with Crippen LogP contribution >= 0.6 is 0 Å². The van der Waals surface area contributed by atoms with Gasteiger partial charge in [0, 0.05) is 17.7 Å². The molecule has 0 radical (unpaired) electrons. The van der Waals surface area contributed by atoms with Crippen LogP contribution < -0.4 is 5.32 Å². The van der Waals surface area contributed by atoms with Gasteiger partial charge in [0.1, 0.15) is 0 Å². The largest absolute Gasteiger partial charge is 0.309 e. The second kappa shape index (κ2) is 5.00. The second-order valence-corrected chi connectivity index (χ2v) is 2.64. The molecule has 0 saturated heterocycles. The van der Waals surface area contributed by atoms with Crippen molar-refractivity contribution in [1.82, 2.24) is 5.32 Å². The number of rotatable bonds is 2. The first-order valence-electron chi connectivity index (χ1n) is 4.12. The number of nitro benzene ring substituents is 1. The number of nitrogens with one attached hydrogen (secondary N) is 1. The molecule has 0 fully saturated rings. The smallest absolute Gasteiger partial charge is 0.269 e. The number of nitrogens with zero attached hydrogens (tertiary/aromatic N) is 1. The Morgan fingerprint density at radius 1 is 1.43 bits per heavy atom. The lowest BCUT2D eigenvalue weighted by atomic mass is 10.2. The van der Waals surface area contributed by atoms with Gasteiger partial charge in [0.05, 0.1) is 11.5 Å². The molecule has 0 heterocycles. The highest BCUT2D eigenvalue weighted by Crippen LogP contribution is 2.10. The van der Waals surface area contributed by atoms with Gasteiger partial charge in [-0.05, 0) is 19.2 Å². The van der Waals surface area contributed by atoms with Crippen LogP contribution in [0.15, 0.2) is 24.3 Å². The fourth-order valence-electron chi connectivity index (χ4n) is 0.901. The predicted molar refractivity (Wildman–Crippen MR) is 53.9 cm³/mol. The summed E-state index contributed by atoms with van der Waals surface area (Å²) in [7, 11) is 1.81. The van der Waals surface area contributed by atoms with E-state index < -0.39 is 4.92 Å². The third kappa shape index (κ3) is 2.88. The standard InChI is InChI=1S/C10H10N2O2/c1-11-8-2-3-9-4-6-10(7-5-9)12(13)14/h4-7,11H,8H2,1H3. The Kier molecular flexibility index (Phi) is 3.65. The first-order chi connectivity index (χ1) is 6.74. The molecule has 0 unspecified atom stereocenters. The molecule has 0 bridgehead atoms. The molecule has 0 aliphatic carbocycles. The summed E-state index contributed by atoms with van der Waals surface area (Å²) in [5.74, 6) is 5.75. The average Bonchev–Trinajstić information content (AvgIpc) is 2.19. The molecular weight excluding hydrogens is 180 g/mol. The molecule has 0 spiro atoms. The topological polar surface area (TPSA) is 55.2 Å². The lowest BCUT2D eigenvalue weighted by Crippen LogP contribution is -2.04. The monoisotopic (exact) mass is 190 g/mol. The summed E-state index contributed by atoms with van der Waals surface area (Å²) in [5.41, 5.74) is 0.870. The number of nitro groups is 1. The summed E-state index contributed by atoms with van der Waals surface area (Å²) in [5, 5.41) is 13.2. The van der Waals surface area contributed by atoms with Crippen LogP contribution in [-0.4, -0.2) is 18.5 Å². The maximum Gasteiger partial charge on any atom is 0.269 e. The van der Waals surface area contributed by atoms with Crippen molar-refractivity contribution in [2.45, 2.75) is 0 Å². The Bertz CT molecular complexity index is 373. The van der Waals surface area contributed by atoms with Crippen LogP contribution in [0.2, 0.25) is 0 Å². The molecule has 0 amide bonds. The van der Waals surface area contributed by atoms with Crippen molar-refractivity contribution in [3.8, 4) is 11.8 Å². The first kappa shape index (κ1) is 10.2. The van der Waals surface area contributed by atoms with Gasteiger partial charge in [-0.15, -0.1) is 0 Å². The van der Waals surface area contributed by atoms with Crippen molar-refractivity contribution < 1.29 is 4.92 Å². The molecule has 0 atom stereocenters. The summed E-state index contributed by atoms with van der Waals surface area (Å²) < 4.78 is 0. The molecule has 1 aromatic rings. The Balaban J connectivity index is 2.75. The third-order valence-corrected chi connectivity index (χ3v) is 1.58. The van der Waals surface area contributed by atoms with Crippen LogP contribution in [0.4, 0.5) is 5.69 Å². The highest BCUT2D eigenvalue weighted by molar-refractivity contribution is 5.41. The van der Waals surface area contributed by atoms with Crippen LogP contribution in [-0.2, 0) is 0 Å². The fourth-order valence-corrected chi connectivity index (χ4v) is 0.901. The third-order valence-electron chi connectivity index (χ3n) is 1.58. The van der Waals surface area contributed by atoms with Crippen LogP contribution in [0.3, 0.4) is 0 Å². The lowest BCUT2D eigenvalue weighted by molar-refractivity contribution is -0.384. The van der Waals surface area contributed by atoms with Gasteiger partial charge < -0.3 is 5.32 Å². The quantitative estimate of drug-likeness (QED) is 0.432. The van der Waals surface area contributed by atoms with Crippen molar-refractivity contribution in [2.24, 2.45) is 0 Å². The first-order valence-corrected chi connectivity index (χ1v) is 4.12. The zero-order chi connectivity index (χ0) is 10.4. The Morgan fingerprint density at radius 3 is 2.57 bits per heavy atom. The van der Waals surface area contributed by atoms with E-state index in [1.54, 1.807) is 12.1 Å². The molecular formula is C10H10N2O2. The van der Waals surface area contributed by atoms with Gasteiger partial charge in [-0.25, -0.2) is 0 Å². The number of non-ortho nitro benzene ring substituents is 1. The molecule has 1 rings (SSSR count). The molecule has 4 nitrogen and oxygen atoms in total. The van der Waals surface area contributed by atoms with Gasteiger partial charge in [0.15, 0.2) is 0 Å². The SMILES string of the molecule is CNCC#Cc1ccc([N+](=O)[O-])cc1. The minimum Gasteiger partial charge on any atom is -0.309 e. The summed E-state index contributed by atoms with van der Waals surface area (Å²) >= 11 is 0. The molecule has 0 aliphatic rings. The maximum absolute atomic E-state index is 10.3. The minimum absolute atomic E-state index is 0.0872. The molecule has 14 heavy (non-hydrogen) atoms. The zero-order valence-electron chi connectivity index (χ0n) is 7.78. The normalized spacial score (nSPS) is 8.93. The molecule has 1 aromatic carbocycles. The van der Waals surface area contributed by atoms with Gasteiger partial charge >= 0.3 is 0 Å². The molecule has 72 valence electrons. The van der Waals surface area contributed by atoms with Crippen LogP contribution in [0.25, 0.3) is 0 Å². The van der Waals surface area contributed by atoms with Gasteiger partial charge in [0.2, 0.25) is 0 Å². The van der Waals surface area contributed by atoms with E-state index in [1.165, 1.54) is 12.1 Å². The lowest BCUT2D eigenvalue weighted by Gasteiger charge is -1.91. The van der Waals surface area contributed by atoms with E-state index in [9.17, 15) is 10.1 Å². The summed E-state index contributed by atoms with van der Waals surface area (Å²) in [4.78, 5) is 9.91. The van der Waals surface area contributed by atoms with Gasteiger partial charge in [-0.1, -0.05) is 11.8 Å². The fraction of sp³-hybridized carbons (Fsp3) is 0.200. The Morgan fingerprint density at radius 2 is 2.07 bits per heavy atom. The molecule has 0 aromatic heterocycles. The molecule has 0 aliphatic heterocycles. The number of hydrogen-bond donors (Lipinski definition) is 1. The highest BCUT2D eigenvalue weighted by atomic mass is 16.6. The van der Waals surface area contributed by atoms with E-state index in [0.717, 1.165) is 5.56 Å². The molecule has 0 saturated carbocycles. The van der Waals surface area contributed by atoms with E-state index in [1.807, 2.05) is 7.05 Å². The molecule has 4 heteroatoms. The van der Waals surface area contributed by atoms with E-state index in [2.05, 4.69) is 17.2 Å². The van der Waals surface area contributed by atoms with Crippen molar-refractivity contribution in [2.75, 3.05) is 13.6 Å². The predicted octanol–water partition coefficient (Wildman–Crippen LogP) is 1.17. The van der Waals surface area contributed by atoms with E-state index in [4.69, 9.17) is 0 Å². The van der Waals surface area contributed by atoms with E-state index in [-0.39, 0.29) is 5.69 Å². The second-order valence-electron chi connectivity index (χ2n) is 2.64. The number of hydrogen-bond acceptors (Lipinski definition) is 3. The minimum atomic E-state index is -0.426. The summed E-state index contributed by atoms with van der Waals surface area (Å²) in [6.45, 7) is 0.608. The van der Waals surface area contributed by atoms with Crippen LogP contribution in [0, 0.1) is 22.0 Å². The van der Waals surface area contributed by atoms with E-state index >= 15 is 0 Å². The number of benzene rings is 1. The van der Waals surface area contributed by atoms with Gasteiger partial charge in [0.25, 0.3) is 5.69 Å². The Labute approximate surface area is 82.1 Å². The summed E-state index contributed by atoms with van der Waals surface area (Å²) in [6.07, 6.45) is 0. The van der Waals surface area contributed by atoms with Crippen LogP contribution in [0.1, 0.15) is 5.56 Å². The van der Waals surface area contributed by atoms with Crippen molar-refractivity contribution in [1.29, 1.82) is 0 Å². The van der Waals surface area contributed by atoms with Crippen LogP contribution in [0.5, 0.6) is 0 Å². The highest BCUT2D eigenvalue weighted by Gasteiger charge is 2.01. The van der Waals surface area contributed by atoms with Crippen molar-refractivity contribution >= 4 is 5.69 Å². The maximum atomic E-state index is 10.3. The van der Waals surface area contributed by atoms with Gasteiger partial charge in [-0.3, -0.25) is 10.1 Å². The Hall–Kier alpha value is -1.86. The van der Waals surface area contributed by atoms with E-state index in [0.29, 0.717) is 6.54 Å². The summed E-state index contributed by atoms with van der Waals surface area (Å²) in [6, 6.07) is 6.17. The zero-order valence-corrected chi connectivity index (χ0v) is 7.78. The van der Waals surface area contributed by atoms with Gasteiger partial charge in [-0.2, -0.15) is 0 Å².